The van der Waals surface area contributed by atoms with Crippen molar-refractivity contribution >= 4 is 17.6 Å². The van der Waals surface area contributed by atoms with E-state index < -0.39 is 0 Å². The van der Waals surface area contributed by atoms with Gasteiger partial charge in [-0.1, -0.05) is 42.5 Å². The molecule has 6 heteroatoms. The summed E-state index contributed by atoms with van der Waals surface area (Å²) in [7, 11) is 0. The van der Waals surface area contributed by atoms with Gasteiger partial charge in [-0.3, -0.25) is 4.79 Å². The Morgan fingerprint density at radius 2 is 1.47 bits per heavy atom. The minimum Gasteiger partial charge on any atom is -0.352 e. The van der Waals surface area contributed by atoms with Crippen LogP contribution in [0.4, 0.5) is 14.9 Å². The number of piperidine rings is 1. The summed E-state index contributed by atoms with van der Waals surface area (Å²) in [5.41, 5.74) is 3.41. The molecule has 0 atom stereocenters. The second-order valence-electron chi connectivity index (χ2n) is 8.02. The van der Waals surface area contributed by atoms with Crippen molar-refractivity contribution in [1.82, 2.24) is 10.2 Å². The van der Waals surface area contributed by atoms with Crippen LogP contribution in [-0.2, 0) is 0 Å². The monoisotopic (exact) mass is 431 g/mol. The molecule has 1 fully saturated rings. The first-order valence-electron chi connectivity index (χ1n) is 10.8. The standard InChI is InChI=1S/C26H26FN3O2/c27-23-10-12-24(13-11-23)29-26(32)30-16-14-19(15-17-30)18-28-25(31)22-8-6-21(7-9-22)20-4-2-1-3-5-20/h1-13,19H,14-18H2,(H,28,31)(H,29,32). The van der Waals surface area contributed by atoms with Gasteiger partial charge in [0.2, 0.25) is 0 Å². The number of anilines is 1. The van der Waals surface area contributed by atoms with Crippen LogP contribution in [0.1, 0.15) is 23.2 Å². The van der Waals surface area contributed by atoms with Crippen LogP contribution >= 0.6 is 0 Å². The van der Waals surface area contributed by atoms with Crippen LogP contribution in [-0.4, -0.2) is 36.5 Å². The lowest BCUT2D eigenvalue weighted by Gasteiger charge is -2.32. The van der Waals surface area contributed by atoms with Crippen molar-refractivity contribution in [2.24, 2.45) is 5.92 Å². The summed E-state index contributed by atoms with van der Waals surface area (Å²) in [5, 5.41) is 5.82. The predicted molar refractivity (Wildman–Crippen MR) is 124 cm³/mol. The van der Waals surface area contributed by atoms with Crippen molar-refractivity contribution in [3.05, 3.63) is 90.2 Å². The lowest BCUT2D eigenvalue weighted by atomic mass is 9.97. The van der Waals surface area contributed by atoms with Gasteiger partial charge in [0, 0.05) is 30.9 Å². The van der Waals surface area contributed by atoms with Gasteiger partial charge in [-0.25, -0.2) is 9.18 Å². The van der Waals surface area contributed by atoms with Crippen molar-refractivity contribution in [2.75, 3.05) is 25.0 Å². The van der Waals surface area contributed by atoms with Gasteiger partial charge in [-0.05, 0) is 66.3 Å². The third-order valence-corrected chi connectivity index (χ3v) is 5.80. The number of benzene rings is 3. The molecular formula is C26H26FN3O2. The van der Waals surface area contributed by atoms with Crippen molar-refractivity contribution in [2.45, 2.75) is 12.8 Å². The number of urea groups is 1. The number of halogens is 1. The second kappa shape index (κ2) is 10.1. The Bertz CT molecular complexity index is 1040. The first-order chi connectivity index (χ1) is 15.6. The molecule has 0 bridgehead atoms. The molecule has 2 N–H and O–H groups in total. The first-order valence-corrected chi connectivity index (χ1v) is 10.8. The number of rotatable bonds is 5. The Labute approximate surface area is 187 Å². The molecule has 0 aromatic heterocycles. The number of carbonyl (C=O) groups is 2. The highest BCUT2D eigenvalue weighted by molar-refractivity contribution is 5.94. The van der Waals surface area contributed by atoms with E-state index in [9.17, 15) is 14.0 Å². The lowest BCUT2D eigenvalue weighted by Crippen LogP contribution is -2.43. The van der Waals surface area contributed by atoms with Crippen LogP contribution in [0.25, 0.3) is 11.1 Å². The van der Waals surface area contributed by atoms with Gasteiger partial charge in [0.25, 0.3) is 5.91 Å². The van der Waals surface area contributed by atoms with E-state index in [0.29, 0.717) is 36.8 Å². The van der Waals surface area contributed by atoms with Crippen LogP contribution in [0.15, 0.2) is 78.9 Å². The van der Waals surface area contributed by atoms with Gasteiger partial charge in [0.05, 0.1) is 0 Å². The number of hydrogen-bond donors (Lipinski definition) is 2. The lowest BCUT2D eigenvalue weighted by molar-refractivity contribution is 0.0938. The highest BCUT2D eigenvalue weighted by Gasteiger charge is 2.23. The van der Waals surface area contributed by atoms with Crippen molar-refractivity contribution in [3.8, 4) is 11.1 Å². The molecule has 0 radical (unpaired) electrons. The molecule has 5 nitrogen and oxygen atoms in total. The molecule has 1 aliphatic rings. The molecule has 0 saturated carbocycles. The molecule has 32 heavy (non-hydrogen) atoms. The summed E-state index contributed by atoms with van der Waals surface area (Å²) in [6.45, 7) is 1.84. The summed E-state index contributed by atoms with van der Waals surface area (Å²) >= 11 is 0. The van der Waals surface area contributed by atoms with Crippen LogP contribution in [0.2, 0.25) is 0 Å². The molecule has 0 spiro atoms. The van der Waals surface area contributed by atoms with Gasteiger partial charge in [-0.2, -0.15) is 0 Å². The quantitative estimate of drug-likeness (QED) is 0.586. The van der Waals surface area contributed by atoms with E-state index in [2.05, 4.69) is 10.6 Å². The Morgan fingerprint density at radius 3 is 2.12 bits per heavy atom. The first kappa shape index (κ1) is 21.6. The molecule has 4 rings (SSSR count). The fraction of sp³-hybridized carbons (Fsp3) is 0.231. The average molecular weight is 432 g/mol. The summed E-state index contributed by atoms with van der Waals surface area (Å²) < 4.78 is 13.0. The summed E-state index contributed by atoms with van der Waals surface area (Å²) in [6.07, 6.45) is 1.65. The Morgan fingerprint density at radius 1 is 0.844 bits per heavy atom. The summed E-state index contributed by atoms with van der Waals surface area (Å²) in [6, 6.07) is 23.2. The van der Waals surface area contributed by atoms with E-state index >= 15 is 0 Å². The molecule has 3 amide bonds. The largest absolute Gasteiger partial charge is 0.352 e. The predicted octanol–water partition coefficient (Wildman–Crippen LogP) is 5.17. The maximum absolute atomic E-state index is 13.0. The van der Waals surface area contributed by atoms with Gasteiger partial charge < -0.3 is 15.5 Å². The molecular weight excluding hydrogens is 405 g/mol. The maximum atomic E-state index is 13.0. The topological polar surface area (TPSA) is 61.4 Å². The smallest absolute Gasteiger partial charge is 0.321 e. The summed E-state index contributed by atoms with van der Waals surface area (Å²) in [4.78, 5) is 26.7. The summed E-state index contributed by atoms with van der Waals surface area (Å²) in [5.74, 6) is -0.0866. The van der Waals surface area contributed by atoms with E-state index in [1.807, 2.05) is 54.6 Å². The molecule has 3 aromatic rings. The Balaban J connectivity index is 1.22. The van der Waals surface area contributed by atoms with Crippen LogP contribution in [0.3, 0.4) is 0 Å². The number of likely N-dealkylation sites (tertiary alicyclic amines) is 1. The number of hydrogen-bond acceptors (Lipinski definition) is 2. The SMILES string of the molecule is O=C(NCC1CCN(C(=O)Nc2ccc(F)cc2)CC1)c1ccc(-c2ccccc2)cc1. The fourth-order valence-electron chi connectivity index (χ4n) is 3.86. The van der Waals surface area contributed by atoms with E-state index in [0.717, 1.165) is 24.0 Å². The van der Waals surface area contributed by atoms with Crippen molar-refractivity contribution in [3.63, 3.8) is 0 Å². The number of amides is 3. The zero-order valence-electron chi connectivity index (χ0n) is 17.8. The second-order valence-corrected chi connectivity index (χ2v) is 8.02. The minimum atomic E-state index is -0.335. The van der Waals surface area contributed by atoms with Crippen LogP contribution in [0, 0.1) is 11.7 Å². The molecule has 164 valence electrons. The van der Waals surface area contributed by atoms with Gasteiger partial charge in [0.15, 0.2) is 0 Å². The van der Waals surface area contributed by atoms with Gasteiger partial charge in [-0.15, -0.1) is 0 Å². The molecule has 0 aliphatic carbocycles. The van der Waals surface area contributed by atoms with E-state index in [1.165, 1.54) is 12.1 Å². The molecule has 1 aliphatic heterocycles. The highest BCUT2D eigenvalue weighted by Crippen LogP contribution is 2.20. The Kier molecular flexibility index (Phi) is 6.80. The molecule has 1 heterocycles. The maximum Gasteiger partial charge on any atom is 0.321 e. The van der Waals surface area contributed by atoms with Crippen molar-refractivity contribution < 1.29 is 14.0 Å². The molecule has 3 aromatic carbocycles. The fourth-order valence-corrected chi connectivity index (χ4v) is 3.86. The Hall–Kier alpha value is -3.67. The molecule has 1 saturated heterocycles. The number of nitrogens with one attached hydrogen (secondary N) is 2. The van der Waals surface area contributed by atoms with Crippen molar-refractivity contribution in [1.29, 1.82) is 0 Å². The zero-order valence-corrected chi connectivity index (χ0v) is 17.8. The third-order valence-electron chi connectivity index (χ3n) is 5.80. The van der Waals surface area contributed by atoms with Crippen LogP contribution in [0.5, 0.6) is 0 Å². The van der Waals surface area contributed by atoms with Crippen LogP contribution < -0.4 is 10.6 Å². The van der Waals surface area contributed by atoms with E-state index in [4.69, 9.17) is 0 Å². The average Bonchev–Trinajstić information content (AvgIpc) is 2.85. The van der Waals surface area contributed by atoms with Gasteiger partial charge in [0.1, 0.15) is 5.82 Å². The highest BCUT2D eigenvalue weighted by atomic mass is 19.1. The zero-order chi connectivity index (χ0) is 22.3. The third kappa shape index (κ3) is 5.52. The minimum absolute atomic E-state index is 0.0823. The normalized spacial score (nSPS) is 14.1. The van der Waals surface area contributed by atoms with E-state index in [1.54, 1.807) is 17.0 Å². The number of nitrogens with zero attached hydrogens (tertiary/aromatic N) is 1. The van der Waals surface area contributed by atoms with Gasteiger partial charge >= 0.3 is 6.03 Å². The number of carbonyl (C=O) groups excluding carboxylic acids is 2. The molecule has 0 unspecified atom stereocenters. The van der Waals surface area contributed by atoms with E-state index in [-0.39, 0.29) is 17.8 Å².